The van der Waals surface area contributed by atoms with Crippen LogP contribution in [0.25, 0.3) is 0 Å². The maximum Gasteiger partial charge on any atom is 0.406 e. The highest BCUT2D eigenvalue weighted by Crippen LogP contribution is 2.28. The van der Waals surface area contributed by atoms with E-state index >= 15 is 0 Å². The summed E-state index contributed by atoms with van der Waals surface area (Å²) in [6, 6.07) is -1.78. The van der Waals surface area contributed by atoms with Crippen LogP contribution in [0.4, 0.5) is 13.2 Å². The average Bonchev–Trinajstić information content (AvgIpc) is 1.54. The largest absolute Gasteiger partial charge is 0.406 e. The summed E-state index contributed by atoms with van der Waals surface area (Å²) in [6.45, 7) is 2.82. The maximum absolute atomic E-state index is 12.0. The smallest absolute Gasteiger partial charge is 0.314 e. The van der Waals surface area contributed by atoms with E-state index < -0.39 is 18.1 Å². The second-order valence-corrected chi connectivity index (χ2v) is 2.80. The van der Waals surface area contributed by atoms with Gasteiger partial charge in [0.25, 0.3) is 0 Å². The molecule has 0 aromatic carbocycles. The Kier molecular flexibility index (Phi) is 3.31. The van der Waals surface area contributed by atoms with Crippen molar-refractivity contribution in [1.29, 1.82) is 0 Å². The van der Waals surface area contributed by atoms with E-state index in [0.29, 0.717) is 0 Å². The molecule has 0 aliphatic heterocycles. The highest BCUT2D eigenvalue weighted by atomic mass is 19.4. The van der Waals surface area contributed by atoms with Crippen LogP contribution in [0.3, 0.4) is 0 Å². The van der Waals surface area contributed by atoms with Gasteiger partial charge in [-0.3, -0.25) is 0 Å². The van der Waals surface area contributed by atoms with Crippen molar-refractivity contribution in [1.82, 2.24) is 5.06 Å². The lowest BCUT2D eigenvalue weighted by atomic mass is 10.0. The van der Waals surface area contributed by atoms with Crippen LogP contribution in [0.15, 0.2) is 0 Å². The van der Waals surface area contributed by atoms with E-state index in [1.807, 2.05) is 0 Å². The lowest BCUT2D eigenvalue weighted by molar-refractivity contribution is -0.253. The minimum Gasteiger partial charge on any atom is -0.314 e. The van der Waals surface area contributed by atoms with Gasteiger partial charge >= 0.3 is 6.18 Å². The van der Waals surface area contributed by atoms with Crippen molar-refractivity contribution in [2.45, 2.75) is 26.1 Å². The first-order valence-corrected chi connectivity index (χ1v) is 3.25. The zero-order chi connectivity index (χ0) is 9.23. The number of rotatable bonds is 2. The Morgan fingerprint density at radius 2 is 1.64 bits per heavy atom. The molecule has 0 spiro atoms. The molecule has 2 nitrogen and oxygen atoms in total. The summed E-state index contributed by atoms with van der Waals surface area (Å²) in [6.07, 6.45) is -4.36. The Morgan fingerprint density at radius 1 is 1.27 bits per heavy atom. The van der Waals surface area contributed by atoms with Crippen LogP contribution in [-0.2, 0) is 0 Å². The fraction of sp³-hybridized carbons (Fsp3) is 1.00. The normalized spacial score (nSPS) is 16.1. The number of hydroxylamine groups is 2. The van der Waals surface area contributed by atoms with Crippen LogP contribution in [0, 0.1) is 5.92 Å². The summed E-state index contributed by atoms with van der Waals surface area (Å²) in [5.41, 5.74) is 0. The molecule has 1 N–H and O–H groups in total. The van der Waals surface area contributed by atoms with Gasteiger partial charge in [-0.15, -0.1) is 0 Å². The average molecular weight is 171 g/mol. The molecule has 0 saturated heterocycles. The summed E-state index contributed by atoms with van der Waals surface area (Å²) in [4.78, 5) is 0. The molecule has 0 heterocycles. The number of nitrogens with zero attached hydrogens (tertiary/aromatic N) is 1. The number of alkyl halides is 3. The van der Waals surface area contributed by atoms with Crippen molar-refractivity contribution in [3.63, 3.8) is 0 Å². The fourth-order valence-electron chi connectivity index (χ4n) is 1.02. The van der Waals surface area contributed by atoms with E-state index in [9.17, 15) is 13.2 Å². The quantitative estimate of drug-likeness (QED) is 0.641. The van der Waals surface area contributed by atoms with Crippen LogP contribution in [0.5, 0.6) is 0 Å². The third kappa shape index (κ3) is 3.07. The molecule has 1 atom stereocenters. The van der Waals surface area contributed by atoms with E-state index in [1.54, 1.807) is 0 Å². The van der Waals surface area contributed by atoms with Crippen LogP contribution in [-0.4, -0.2) is 29.5 Å². The monoisotopic (exact) mass is 171 g/mol. The first-order valence-electron chi connectivity index (χ1n) is 3.25. The molecule has 5 heteroatoms. The Balaban J connectivity index is 4.35. The molecule has 0 rings (SSSR count). The van der Waals surface area contributed by atoms with Gasteiger partial charge in [0.15, 0.2) is 0 Å². The van der Waals surface area contributed by atoms with Gasteiger partial charge < -0.3 is 5.21 Å². The van der Waals surface area contributed by atoms with Crippen LogP contribution < -0.4 is 0 Å². The van der Waals surface area contributed by atoms with Crippen molar-refractivity contribution < 1.29 is 18.4 Å². The summed E-state index contributed by atoms with van der Waals surface area (Å²) < 4.78 is 36.1. The van der Waals surface area contributed by atoms with Gasteiger partial charge in [-0.1, -0.05) is 13.8 Å². The molecular formula is C6H12F3NO. The predicted molar refractivity (Wildman–Crippen MR) is 34.2 cm³/mol. The molecule has 0 fully saturated rings. The van der Waals surface area contributed by atoms with Crippen LogP contribution in [0.1, 0.15) is 13.8 Å². The minimum atomic E-state index is -4.36. The van der Waals surface area contributed by atoms with Gasteiger partial charge in [0.2, 0.25) is 0 Å². The van der Waals surface area contributed by atoms with Gasteiger partial charge in [0, 0.05) is 7.05 Å². The molecule has 0 aliphatic carbocycles. The predicted octanol–water partition coefficient (Wildman–Crippen LogP) is 1.89. The zero-order valence-corrected chi connectivity index (χ0v) is 6.68. The summed E-state index contributed by atoms with van der Waals surface area (Å²) in [7, 11) is 0.998. The third-order valence-electron chi connectivity index (χ3n) is 1.37. The van der Waals surface area contributed by atoms with Crippen molar-refractivity contribution in [3.8, 4) is 0 Å². The van der Waals surface area contributed by atoms with E-state index in [2.05, 4.69) is 0 Å². The van der Waals surface area contributed by atoms with Gasteiger partial charge in [-0.2, -0.15) is 18.2 Å². The highest BCUT2D eigenvalue weighted by molar-refractivity contribution is 4.75. The zero-order valence-electron chi connectivity index (χ0n) is 6.68. The van der Waals surface area contributed by atoms with Crippen molar-refractivity contribution in [3.05, 3.63) is 0 Å². The van der Waals surface area contributed by atoms with E-state index in [4.69, 9.17) is 5.21 Å². The van der Waals surface area contributed by atoms with E-state index in [1.165, 1.54) is 13.8 Å². The highest BCUT2D eigenvalue weighted by Gasteiger charge is 2.44. The first kappa shape index (κ1) is 10.7. The molecule has 0 bridgehead atoms. The summed E-state index contributed by atoms with van der Waals surface area (Å²) in [5.74, 6) is -0.648. The lowest BCUT2D eigenvalue weighted by Crippen LogP contribution is -2.45. The first-order chi connectivity index (χ1) is 4.76. The molecule has 11 heavy (non-hydrogen) atoms. The van der Waals surface area contributed by atoms with Gasteiger partial charge in [-0.05, 0) is 5.92 Å². The van der Waals surface area contributed by atoms with Crippen molar-refractivity contribution in [2.75, 3.05) is 7.05 Å². The second-order valence-electron chi connectivity index (χ2n) is 2.80. The number of hydrogen-bond acceptors (Lipinski definition) is 2. The standard InChI is InChI=1S/C6H12F3NO/c1-4(2)5(10(3)11)6(7,8)9/h4-5,11H,1-3H3. The lowest BCUT2D eigenvalue weighted by Gasteiger charge is -2.27. The molecule has 0 amide bonds. The van der Waals surface area contributed by atoms with Crippen LogP contribution >= 0.6 is 0 Å². The summed E-state index contributed by atoms with van der Waals surface area (Å²) in [5, 5.41) is 8.83. The van der Waals surface area contributed by atoms with Crippen molar-refractivity contribution in [2.24, 2.45) is 5.92 Å². The van der Waals surface area contributed by atoms with Crippen molar-refractivity contribution >= 4 is 0 Å². The molecule has 68 valence electrons. The third-order valence-corrected chi connectivity index (χ3v) is 1.37. The maximum atomic E-state index is 12.0. The second kappa shape index (κ2) is 3.40. The molecule has 0 radical (unpaired) electrons. The Bertz CT molecular complexity index is 113. The van der Waals surface area contributed by atoms with Gasteiger partial charge in [-0.25, -0.2) is 0 Å². The minimum absolute atomic E-state index is 0.199. The topological polar surface area (TPSA) is 23.5 Å². The van der Waals surface area contributed by atoms with Gasteiger partial charge in [0.05, 0.1) is 0 Å². The Morgan fingerprint density at radius 3 is 1.64 bits per heavy atom. The Hall–Kier alpha value is -0.290. The number of hydrogen-bond donors (Lipinski definition) is 1. The van der Waals surface area contributed by atoms with E-state index in [-0.39, 0.29) is 5.06 Å². The number of halogens is 3. The fourth-order valence-corrected chi connectivity index (χ4v) is 1.02. The Labute approximate surface area is 63.6 Å². The molecule has 0 aromatic rings. The van der Waals surface area contributed by atoms with Crippen LogP contribution in [0.2, 0.25) is 0 Å². The van der Waals surface area contributed by atoms with Gasteiger partial charge in [0.1, 0.15) is 6.04 Å². The molecule has 0 saturated carbocycles. The summed E-state index contributed by atoms with van der Waals surface area (Å²) >= 11 is 0. The molecule has 1 unspecified atom stereocenters. The molecular weight excluding hydrogens is 159 g/mol. The van der Waals surface area contributed by atoms with E-state index in [0.717, 1.165) is 7.05 Å². The molecule has 0 aliphatic rings. The SMILES string of the molecule is CC(C)C(N(C)O)C(F)(F)F. The molecule has 0 aromatic heterocycles.